The summed E-state index contributed by atoms with van der Waals surface area (Å²) in [6, 6.07) is 6.69. The third-order valence-electron chi connectivity index (χ3n) is 3.08. The predicted molar refractivity (Wildman–Crippen MR) is 82.5 cm³/mol. The number of anilines is 1. The van der Waals surface area contributed by atoms with Crippen LogP contribution in [-0.4, -0.2) is 13.5 Å². The molecule has 0 bridgehead atoms. The SMILES string of the molecule is Cc1ccc(NS(=O)(=O)c2ccc(Br)c(F)c2)c(C)c1O. The Bertz CT molecular complexity index is 806. The first-order valence-corrected chi connectivity index (χ1v) is 8.27. The minimum Gasteiger partial charge on any atom is -0.507 e. The van der Waals surface area contributed by atoms with Crippen molar-refractivity contribution in [2.75, 3.05) is 4.72 Å². The van der Waals surface area contributed by atoms with E-state index in [4.69, 9.17) is 0 Å². The number of sulfonamides is 1. The van der Waals surface area contributed by atoms with Crippen LogP contribution in [0.25, 0.3) is 0 Å². The summed E-state index contributed by atoms with van der Waals surface area (Å²) in [7, 11) is -3.93. The number of nitrogens with one attached hydrogen (secondary N) is 1. The molecule has 7 heteroatoms. The van der Waals surface area contributed by atoms with Crippen LogP contribution in [0.15, 0.2) is 39.7 Å². The minimum absolute atomic E-state index is 0.0252. The number of phenolic OH excluding ortho intramolecular Hbond substituents is 1. The van der Waals surface area contributed by atoms with Crippen LogP contribution in [0.2, 0.25) is 0 Å². The molecule has 0 fully saturated rings. The molecule has 2 rings (SSSR count). The third kappa shape index (κ3) is 3.19. The Morgan fingerprint density at radius 1 is 1.19 bits per heavy atom. The number of halogens is 2. The molecule has 0 radical (unpaired) electrons. The molecular formula is C14H13BrFNO3S. The highest BCUT2D eigenvalue weighted by Crippen LogP contribution is 2.30. The lowest BCUT2D eigenvalue weighted by atomic mass is 10.1. The Kier molecular flexibility index (Phi) is 4.25. The second kappa shape index (κ2) is 5.65. The molecule has 0 aliphatic heterocycles. The van der Waals surface area contributed by atoms with Crippen LogP contribution in [0.3, 0.4) is 0 Å². The lowest BCUT2D eigenvalue weighted by Crippen LogP contribution is -2.14. The van der Waals surface area contributed by atoms with Gasteiger partial charge in [-0.2, -0.15) is 0 Å². The van der Waals surface area contributed by atoms with E-state index in [0.29, 0.717) is 11.1 Å². The summed E-state index contributed by atoms with van der Waals surface area (Å²) in [4.78, 5) is -0.192. The van der Waals surface area contributed by atoms with Crippen molar-refractivity contribution in [1.82, 2.24) is 0 Å². The van der Waals surface area contributed by atoms with E-state index in [1.54, 1.807) is 26.0 Å². The topological polar surface area (TPSA) is 66.4 Å². The Morgan fingerprint density at radius 2 is 1.86 bits per heavy atom. The summed E-state index contributed by atoms with van der Waals surface area (Å²) >= 11 is 2.97. The van der Waals surface area contributed by atoms with Gasteiger partial charge < -0.3 is 5.11 Å². The van der Waals surface area contributed by atoms with Crippen molar-refractivity contribution in [2.24, 2.45) is 0 Å². The molecule has 2 aromatic rings. The van der Waals surface area contributed by atoms with Crippen molar-refractivity contribution >= 4 is 31.6 Å². The van der Waals surface area contributed by atoms with Gasteiger partial charge in [-0.3, -0.25) is 4.72 Å². The molecule has 0 saturated heterocycles. The number of benzene rings is 2. The van der Waals surface area contributed by atoms with Gasteiger partial charge in [0.1, 0.15) is 11.6 Å². The quantitative estimate of drug-likeness (QED) is 0.861. The lowest BCUT2D eigenvalue weighted by Gasteiger charge is -2.13. The first-order valence-electron chi connectivity index (χ1n) is 5.99. The maximum absolute atomic E-state index is 13.5. The number of hydrogen-bond acceptors (Lipinski definition) is 3. The summed E-state index contributed by atoms with van der Waals surface area (Å²) in [6.07, 6.45) is 0. The lowest BCUT2D eigenvalue weighted by molar-refractivity contribution is 0.467. The van der Waals surface area contributed by atoms with Gasteiger partial charge >= 0.3 is 0 Å². The number of phenols is 1. The second-order valence-electron chi connectivity index (χ2n) is 4.59. The van der Waals surface area contributed by atoms with Gasteiger partial charge in [0, 0.05) is 5.56 Å². The molecule has 4 nitrogen and oxygen atoms in total. The average molecular weight is 374 g/mol. The third-order valence-corrected chi connectivity index (χ3v) is 5.08. The van der Waals surface area contributed by atoms with Gasteiger partial charge in [0.2, 0.25) is 0 Å². The molecule has 0 saturated carbocycles. The van der Waals surface area contributed by atoms with E-state index in [1.807, 2.05) is 0 Å². The van der Waals surface area contributed by atoms with E-state index < -0.39 is 15.8 Å². The highest BCUT2D eigenvalue weighted by molar-refractivity contribution is 9.10. The van der Waals surface area contributed by atoms with E-state index in [0.717, 1.165) is 6.07 Å². The van der Waals surface area contributed by atoms with E-state index in [-0.39, 0.29) is 20.8 Å². The molecule has 2 N–H and O–H groups in total. The highest BCUT2D eigenvalue weighted by atomic mass is 79.9. The zero-order valence-electron chi connectivity index (χ0n) is 11.3. The van der Waals surface area contributed by atoms with Crippen LogP contribution in [0.5, 0.6) is 5.75 Å². The van der Waals surface area contributed by atoms with E-state index in [2.05, 4.69) is 20.7 Å². The maximum atomic E-state index is 13.5. The Balaban J connectivity index is 2.42. The van der Waals surface area contributed by atoms with Crippen LogP contribution >= 0.6 is 15.9 Å². The molecule has 112 valence electrons. The zero-order valence-corrected chi connectivity index (χ0v) is 13.7. The fourth-order valence-corrected chi connectivity index (χ4v) is 3.17. The number of rotatable bonds is 3. The number of aromatic hydroxyl groups is 1. The van der Waals surface area contributed by atoms with Crippen LogP contribution in [0.4, 0.5) is 10.1 Å². The molecule has 0 aromatic heterocycles. The van der Waals surface area contributed by atoms with Crippen molar-refractivity contribution in [2.45, 2.75) is 18.7 Å². The molecule has 2 aromatic carbocycles. The maximum Gasteiger partial charge on any atom is 0.262 e. The second-order valence-corrected chi connectivity index (χ2v) is 7.12. The van der Waals surface area contributed by atoms with Gasteiger partial charge in [-0.05, 0) is 59.6 Å². The normalized spacial score (nSPS) is 11.4. The first-order chi connectivity index (χ1) is 9.72. The largest absolute Gasteiger partial charge is 0.507 e. The Morgan fingerprint density at radius 3 is 2.48 bits per heavy atom. The van der Waals surface area contributed by atoms with Gasteiger partial charge in [0.05, 0.1) is 15.1 Å². The molecular weight excluding hydrogens is 361 g/mol. The first kappa shape index (κ1) is 15.8. The standard InChI is InChI=1S/C14H13BrFNO3S/c1-8-3-6-13(9(2)14(8)18)17-21(19,20)10-4-5-11(15)12(16)7-10/h3-7,17-18H,1-2H3. The van der Waals surface area contributed by atoms with Crippen molar-refractivity contribution in [3.63, 3.8) is 0 Å². The smallest absolute Gasteiger partial charge is 0.262 e. The van der Waals surface area contributed by atoms with Crippen molar-refractivity contribution in [3.05, 3.63) is 51.7 Å². The van der Waals surface area contributed by atoms with Gasteiger partial charge in [0.25, 0.3) is 10.0 Å². The van der Waals surface area contributed by atoms with Gasteiger partial charge in [-0.15, -0.1) is 0 Å². The van der Waals surface area contributed by atoms with Gasteiger partial charge in [-0.1, -0.05) is 6.07 Å². The fourth-order valence-electron chi connectivity index (χ4n) is 1.79. The molecule has 0 amide bonds. The van der Waals surface area contributed by atoms with Crippen LogP contribution in [0, 0.1) is 19.7 Å². The van der Waals surface area contributed by atoms with Crippen molar-refractivity contribution in [3.8, 4) is 5.75 Å². The molecule has 0 heterocycles. The number of hydrogen-bond donors (Lipinski definition) is 2. The van der Waals surface area contributed by atoms with E-state index in [9.17, 15) is 17.9 Å². The zero-order chi connectivity index (χ0) is 15.8. The van der Waals surface area contributed by atoms with Crippen molar-refractivity contribution in [1.29, 1.82) is 0 Å². The van der Waals surface area contributed by atoms with Crippen LogP contribution in [0.1, 0.15) is 11.1 Å². The highest BCUT2D eigenvalue weighted by Gasteiger charge is 2.18. The van der Waals surface area contributed by atoms with Crippen LogP contribution < -0.4 is 4.72 Å². The molecule has 0 aliphatic rings. The summed E-state index contributed by atoms with van der Waals surface area (Å²) in [6.45, 7) is 3.31. The summed E-state index contributed by atoms with van der Waals surface area (Å²) in [5.74, 6) is -0.640. The molecule has 21 heavy (non-hydrogen) atoms. The summed E-state index contributed by atoms with van der Waals surface area (Å²) in [5, 5.41) is 9.83. The van der Waals surface area contributed by atoms with E-state index in [1.165, 1.54) is 12.1 Å². The minimum atomic E-state index is -3.93. The average Bonchev–Trinajstić information content (AvgIpc) is 2.42. The van der Waals surface area contributed by atoms with E-state index >= 15 is 0 Å². The fraction of sp³-hybridized carbons (Fsp3) is 0.143. The summed E-state index contributed by atoms with van der Waals surface area (Å²) < 4.78 is 40.5. The van der Waals surface area contributed by atoms with Crippen LogP contribution in [-0.2, 0) is 10.0 Å². The molecule has 0 aliphatic carbocycles. The molecule has 0 atom stereocenters. The van der Waals surface area contributed by atoms with Gasteiger partial charge in [-0.25, -0.2) is 12.8 Å². The molecule has 0 unspecified atom stereocenters. The molecule has 0 spiro atoms. The monoisotopic (exact) mass is 373 g/mol. The Hall–Kier alpha value is -1.60. The van der Waals surface area contributed by atoms with Gasteiger partial charge in [0.15, 0.2) is 0 Å². The summed E-state index contributed by atoms with van der Waals surface area (Å²) in [5.41, 5.74) is 1.31. The predicted octanol–water partition coefficient (Wildman–Crippen LogP) is 3.71. The number of aryl methyl sites for hydroxylation is 1. The van der Waals surface area contributed by atoms with Crippen molar-refractivity contribution < 1.29 is 17.9 Å². The Labute approximate surface area is 130 Å².